The monoisotopic (exact) mass is 455 g/mol. The molecule has 2 heterocycles. The van der Waals surface area contributed by atoms with E-state index in [9.17, 15) is 27.6 Å². The van der Waals surface area contributed by atoms with Crippen molar-refractivity contribution >= 4 is 23.5 Å². The summed E-state index contributed by atoms with van der Waals surface area (Å²) >= 11 is 0. The van der Waals surface area contributed by atoms with Crippen molar-refractivity contribution < 1.29 is 27.6 Å². The number of anilines is 1. The van der Waals surface area contributed by atoms with Crippen molar-refractivity contribution in [3.05, 3.63) is 29.3 Å². The maximum atomic E-state index is 13.0. The largest absolute Gasteiger partial charge is 0.408 e. The lowest BCUT2D eigenvalue weighted by Gasteiger charge is -2.26. The van der Waals surface area contributed by atoms with Crippen molar-refractivity contribution in [2.24, 2.45) is 0 Å². The van der Waals surface area contributed by atoms with Gasteiger partial charge >= 0.3 is 12.2 Å². The molecule has 1 aromatic carbocycles. The van der Waals surface area contributed by atoms with Crippen molar-refractivity contribution in [2.75, 3.05) is 31.5 Å². The van der Waals surface area contributed by atoms with Crippen LogP contribution < -0.4 is 16.0 Å². The summed E-state index contributed by atoms with van der Waals surface area (Å²) in [6.07, 6.45) is -3.87. The minimum atomic E-state index is -4.47. The Morgan fingerprint density at radius 3 is 2.75 bits per heavy atom. The molecule has 3 N–H and O–H groups in total. The number of carbonyl (C=O) groups is 3. The second kappa shape index (κ2) is 10.1. The van der Waals surface area contributed by atoms with E-state index in [1.807, 2.05) is 25.1 Å². The third-order valence-electron chi connectivity index (χ3n) is 5.72. The number of benzene rings is 1. The Hall–Kier alpha value is -2.98. The van der Waals surface area contributed by atoms with Crippen LogP contribution in [0.1, 0.15) is 37.3 Å². The second-order valence-electron chi connectivity index (χ2n) is 7.90. The molecule has 8 nitrogen and oxygen atoms in total. The quantitative estimate of drug-likeness (QED) is 0.635. The number of fused-ring (bicyclic) bond motifs is 1. The van der Waals surface area contributed by atoms with Gasteiger partial charge in [-0.25, -0.2) is 4.79 Å². The molecule has 3 rings (SSSR count). The molecule has 0 radical (unpaired) electrons. The summed E-state index contributed by atoms with van der Waals surface area (Å²) in [5.74, 6) is -0.680. The number of carbonyl (C=O) groups excluding carboxylic acids is 3. The summed E-state index contributed by atoms with van der Waals surface area (Å²) in [6, 6.07) is 3.20. The molecule has 0 spiro atoms. The molecular formula is C21H28F3N5O3. The molecule has 1 atom stereocenters. The van der Waals surface area contributed by atoms with Crippen LogP contribution in [0.5, 0.6) is 0 Å². The Bertz CT molecular complexity index is 862. The average Bonchev–Trinajstić information content (AvgIpc) is 3.24. The standard InChI is InChI=1S/C21H28F3N5O3/c1-2-28-13-15-10-14(5-6-16(15)25-8-7-18(28)30)11-26-20(32)27-12-19(31)29-9-3-4-17(29)21(22,23)24/h5-6,10,17,25H,2-4,7-9,11-13H2,1H3,(H2,26,27,32)/t17-/m1/s1. The highest BCUT2D eigenvalue weighted by atomic mass is 19.4. The highest BCUT2D eigenvalue weighted by Crippen LogP contribution is 2.32. The maximum Gasteiger partial charge on any atom is 0.408 e. The van der Waals surface area contributed by atoms with E-state index in [4.69, 9.17) is 0 Å². The minimum Gasteiger partial charge on any atom is -0.384 e. The van der Waals surface area contributed by atoms with E-state index in [1.54, 1.807) is 4.90 Å². The number of alkyl halides is 3. The normalized spacial score (nSPS) is 19.0. The number of urea groups is 1. The molecule has 1 saturated heterocycles. The number of hydrogen-bond donors (Lipinski definition) is 3. The van der Waals surface area contributed by atoms with Crippen LogP contribution in [0.3, 0.4) is 0 Å². The highest BCUT2D eigenvalue weighted by molar-refractivity contribution is 5.84. The fourth-order valence-electron chi connectivity index (χ4n) is 4.01. The molecule has 0 saturated carbocycles. The number of rotatable bonds is 5. The van der Waals surface area contributed by atoms with Gasteiger partial charge in [-0.2, -0.15) is 13.2 Å². The summed E-state index contributed by atoms with van der Waals surface area (Å²) in [4.78, 5) is 38.9. The summed E-state index contributed by atoms with van der Waals surface area (Å²) < 4.78 is 39.0. The molecule has 176 valence electrons. The van der Waals surface area contributed by atoms with Crippen molar-refractivity contribution in [1.82, 2.24) is 20.4 Å². The molecule has 0 unspecified atom stereocenters. The van der Waals surface area contributed by atoms with E-state index in [1.165, 1.54) is 0 Å². The van der Waals surface area contributed by atoms with Crippen molar-refractivity contribution in [3.63, 3.8) is 0 Å². The van der Waals surface area contributed by atoms with Crippen molar-refractivity contribution in [2.45, 2.75) is 51.5 Å². The smallest absolute Gasteiger partial charge is 0.384 e. The molecule has 11 heteroatoms. The van der Waals surface area contributed by atoms with Gasteiger partial charge in [-0.1, -0.05) is 12.1 Å². The predicted octanol–water partition coefficient (Wildman–Crippen LogP) is 2.20. The zero-order valence-electron chi connectivity index (χ0n) is 17.9. The van der Waals surface area contributed by atoms with E-state index in [0.29, 0.717) is 26.1 Å². The Morgan fingerprint density at radius 1 is 1.25 bits per heavy atom. The molecule has 0 aromatic heterocycles. The molecule has 0 bridgehead atoms. The Kier molecular flexibility index (Phi) is 7.47. The molecule has 1 fully saturated rings. The number of halogens is 3. The topological polar surface area (TPSA) is 93.8 Å². The van der Waals surface area contributed by atoms with Crippen LogP contribution in [0.25, 0.3) is 0 Å². The Labute approximate surface area is 184 Å². The van der Waals surface area contributed by atoms with E-state index < -0.39 is 30.7 Å². The van der Waals surface area contributed by atoms with Crippen LogP contribution in [-0.2, 0) is 22.7 Å². The van der Waals surface area contributed by atoms with Gasteiger partial charge in [0.25, 0.3) is 0 Å². The Balaban J connectivity index is 1.52. The first kappa shape index (κ1) is 23.7. The molecule has 2 aliphatic rings. The molecule has 2 aliphatic heterocycles. The Morgan fingerprint density at radius 2 is 2.03 bits per heavy atom. The number of likely N-dealkylation sites (tertiary alicyclic amines) is 1. The first-order valence-corrected chi connectivity index (χ1v) is 10.7. The van der Waals surface area contributed by atoms with Crippen LogP contribution in [-0.4, -0.2) is 66.0 Å². The van der Waals surface area contributed by atoms with E-state index in [-0.39, 0.29) is 31.8 Å². The average molecular weight is 455 g/mol. The fraction of sp³-hybridized carbons (Fsp3) is 0.571. The summed E-state index contributed by atoms with van der Waals surface area (Å²) in [5.41, 5.74) is 2.66. The highest BCUT2D eigenvalue weighted by Gasteiger charge is 2.47. The SMILES string of the molecule is CCN1Cc2cc(CNC(=O)NCC(=O)N3CCC[C@@H]3C(F)(F)F)ccc2NCCC1=O. The molecular weight excluding hydrogens is 427 g/mol. The summed E-state index contributed by atoms with van der Waals surface area (Å²) in [6.45, 7) is 3.23. The van der Waals surface area contributed by atoms with Crippen LogP contribution in [0.4, 0.5) is 23.7 Å². The lowest BCUT2D eigenvalue weighted by atomic mass is 10.1. The third-order valence-corrected chi connectivity index (χ3v) is 5.72. The van der Waals surface area contributed by atoms with Gasteiger partial charge in [-0.15, -0.1) is 0 Å². The van der Waals surface area contributed by atoms with Crippen LogP contribution in [0.2, 0.25) is 0 Å². The van der Waals surface area contributed by atoms with Crippen LogP contribution in [0, 0.1) is 0 Å². The van der Waals surface area contributed by atoms with Gasteiger partial charge in [-0.3, -0.25) is 9.59 Å². The van der Waals surface area contributed by atoms with Crippen molar-refractivity contribution in [3.8, 4) is 0 Å². The van der Waals surface area contributed by atoms with Crippen LogP contribution in [0.15, 0.2) is 18.2 Å². The number of nitrogens with zero attached hydrogens (tertiary/aromatic N) is 2. The zero-order chi connectivity index (χ0) is 23.3. The molecule has 4 amide bonds. The second-order valence-corrected chi connectivity index (χ2v) is 7.90. The van der Waals surface area contributed by atoms with E-state index in [2.05, 4.69) is 16.0 Å². The predicted molar refractivity (Wildman–Crippen MR) is 112 cm³/mol. The lowest BCUT2D eigenvalue weighted by Crippen LogP contribution is -2.49. The van der Waals surface area contributed by atoms with Gasteiger partial charge in [0.15, 0.2) is 0 Å². The zero-order valence-corrected chi connectivity index (χ0v) is 17.9. The molecule has 32 heavy (non-hydrogen) atoms. The van der Waals surface area contributed by atoms with Gasteiger partial charge in [0.2, 0.25) is 11.8 Å². The van der Waals surface area contributed by atoms with E-state index in [0.717, 1.165) is 21.7 Å². The van der Waals surface area contributed by atoms with Crippen LogP contribution >= 0.6 is 0 Å². The van der Waals surface area contributed by atoms with E-state index >= 15 is 0 Å². The fourth-order valence-corrected chi connectivity index (χ4v) is 4.01. The van der Waals surface area contributed by atoms with Gasteiger partial charge in [-0.05, 0) is 37.0 Å². The number of amides is 4. The molecule has 1 aromatic rings. The van der Waals surface area contributed by atoms with Gasteiger partial charge in [0.05, 0.1) is 6.54 Å². The first-order chi connectivity index (χ1) is 15.2. The molecule has 0 aliphatic carbocycles. The van der Waals surface area contributed by atoms with Gasteiger partial charge < -0.3 is 25.8 Å². The lowest BCUT2D eigenvalue weighted by molar-refractivity contribution is -0.182. The van der Waals surface area contributed by atoms with Gasteiger partial charge in [0, 0.05) is 44.8 Å². The summed E-state index contributed by atoms with van der Waals surface area (Å²) in [5, 5.41) is 8.18. The maximum absolute atomic E-state index is 13.0. The number of hydrogen-bond acceptors (Lipinski definition) is 4. The van der Waals surface area contributed by atoms with Crippen molar-refractivity contribution in [1.29, 1.82) is 0 Å². The first-order valence-electron chi connectivity index (χ1n) is 10.7. The third kappa shape index (κ3) is 5.83. The summed E-state index contributed by atoms with van der Waals surface area (Å²) in [7, 11) is 0. The minimum absolute atomic E-state index is 0.0345. The number of nitrogens with one attached hydrogen (secondary N) is 3. The van der Waals surface area contributed by atoms with Gasteiger partial charge in [0.1, 0.15) is 6.04 Å².